The summed E-state index contributed by atoms with van der Waals surface area (Å²) in [6, 6.07) is 13.6. The molecule has 0 saturated carbocycles. The quantitative estimate of drug-likeness (QED) is 0.590. The Morgan fingerprint density at radius 1 is 1.26 bits per heavy atom. The maximum Gasteiger partial charge on any atom is 0.313 e. The zero-order chi connectivity index (χ0) is 18.4. The third-order valence-electron chi connectivity index (χ3n) is 5.60. The second-order valence-electron chi connectivity index (χ2n) is 7.27. The fourth-order valence-corrected chi connectivity index (χ4v) is 5.12. The average molecular weight is 381 g/mol. The molecule has 4 atom stereocenters. The maximum atomic E-state index is 13.1. The number of fused-ring (bicyclic) bond motifs is 1. The topological polar surface area (TPSA) is 55.8 Å². The lowest BCUT2D eigenvalue weighted by Crippen LogP contribution is -2.39. The summed E-state index contributed by atoms with van der Waals surface area (Å²) in [7, 11) is 0. The number of nitrogens with zero attached hydrogens (tertiary/aromatic N) is 1. The predicted molar refractivity (Wildman–Crippen MR) is 99.7 cm³/mol. The van der Waals surface area contributed by atoms with Crippen LogP contribution in [0.4, 0.5) is 0 Å². The van der Waals surface area contributed by atoms with Crippen LogP contribution in [0.25, 0.3) is 0 Å². The van der Waals surface area contributed by atoms with Crippen molar-refractivity contribution in [1.82, 2.24) is 4.90 Å². The number of benzene rings is 1. The van der Waals surface area contributed by atoms with Gasteiger partial charge in [-0.2, -0.15) is 0 Å². The van der Waals surface area contributed by atoms with Gasteiger partial charge in [-0.15, -0.1) is 11.3 Å². The lowest BCUT2D eigenvalue weighted by atomic mass is 9.77. The molecule has 0 N–H and O–H groups in total. The van der Waals surface area contributed by atoms with Crippen molar-refractivity contribution in [3.8, 4) is 0 Å². The first kappa shape index (κ1) is 16.7. The number of carbonyl (C=O) groups excluding carboxylic acids is 2. The molecule has 2 fully saturated rings. The summed E-state index contributed by atoms with van der Waals surface area (Å²) in [4.78, 5) is 28.8. The highest BCUT2D eigenvalue weighted by Gasteiger charge is 2.67. The second-order valence-corrected chi connectivity index (χ2v) is 8.30. The molecule has 2 aromatic rings. The number of amides is 1. The number of hydrogen-bond acceptors (Lipinski definition) is 5. The summed E-state index contributed by atoms with van der Waals surface area (Å²) in [6.07, 6.45) is 3.51. The Labute approximate surface area is 161 Å². The summed E-state index contributed by atoms with van der Waals surface area (Å²) in [6.45, 7) is 1.26. The van der Waals surface area contributed by atoms with E-state index in [9.17, 15) is 9.59 Å². The monoisotopic (exact) mass is 381 g/mol. The largest absolute Gasteiger partial charge is 0.460 e. The van der Waals surface area contributed by atoms with E-state index < -0.39 is 17.4 Å². The molecule has 0 radical (unpaired) electrons. The fraction of sp³-hybridized carbons (Fsp3) is 0.333. The van der Waals surface area contributed by atoms with Gasteiger partial charge in [0.05, 0.1) is 25.1 Å². The van der Waals surface area contributed by atoms with Crippen LogP contribution in [0, 0.1) is 11.8 Å². The van der Waals surface area contributed by atoms with Crippen molar-refractivity contribution in [1.29, 1.82) is 0 Å². The van der Waals surface area contributed by atoms with Gasteiger partial charge in [0.1, 0.15) is 18.1 Å². The highest BCUT2D eigenvalue weighted by atomic mass is 32.1. The molecule has 4 heterocycles. The molecule has 6 heteroatoms. The maximum absolute atomic E-state index is 13.1. The molecule has 1 aromatic carbocycles. The van der Waals surface area contributed by atoms with E-state index in [1.54, 1.807) is 16.2 Å². The molecule has 5 nitrogen and oxygen atoms in total. The van der Waals surface area contributed by atoms with Crippen molar-refractivity contribution < 1.29 is 19.1 Å². The Morgan fingerprint density at radius 2 is 2.11 bits per heavy atom. The van der Waals surface area contributed by atoms with Gasteiger partial charge in [0.25, 0.3) is 0 Å². The number of ether oxygens (including phenoxy) is 2. The molecule has 3 aliphatic rings. The summed E-state index contributed by atoms with van der Waals surface area (Å²) < 4.78 is 11.7. The third-order valence-corrected chi connectivity index (χ3v) is 6.46. The Hall–Kier alpha value is -2.44. The molecular weight excluding hydrogens is 362 g/mol. The van der Waals surface area contributed by atoms with Crippen LogP contribution < -0.4 is 0 Å². The minimum Gasteiger partial charge on any atom is -0.460 e. The predicted octanol–water partition coefficient (Wildman–Crippen LogP) is 2.77. The smallest absolute Gasteiger partial charge is 0.313 e. The van der Waals surface area contributed by atoms with Crippen molar-refractivity contribution in [2.75, 3.05) is 6.54 Å². The first-order valence-corrected chi connectivity index (χ1v) is 9.93. The van der Waals surface area contributed by atoms with Crippen molar-refractivity contribution in [2.45, 2.75) is 24.9 Å². The first-order valence-electron chi connectivity index (χ1n) is 9.05. The lowest BCUT2D eigenvalue weighted by molar-refractivity contribution is -0.155. The number of carbonyl (C=O) groups is 2. The van der Waals surface area contributed by atoms with E-state index in [0.717, 1.165) is 10.4 Å². The molecule has 1 aromatic heterocycles. The van der Waals surface area contributed by atoms with Gasteiger partial charge in [0, 0.05) is 4.88 Å². The summed E-state index contributed by atoms with van der Waals surface area (Å²) >= 11 is 1.63. The molecule has 3 aliphatic heterocycles. The van der Waals surface area contributed by atoms with Crippen LogP contribution in [-0.4, -0.2) is 35.0 Å². The number of rotatable bonds is 5. The van der Waals surface area contributed by atoms with Crippen molar-refractivity contribution in [2.24, 2.45) is 11.8 Å². The standard InChI is InChI=1S/C21H19NO4S/c23-19-18-17(20(24)25-12-14-5-2-1-3-6-14)16-8-9-21(18,26-16)13-22(19)11-15-7-4-10-27-15/h1-10,16-18H,11-13H2/t16-,17-,18-,21+/m0/s1. The third kappa shape index (κ3) is 2.71. The highest BCUT2D eigenvalue weighted by molar-refractivity contribution is 7.09. The van der Waals surface area contributed by atoms with E-state index in [1.165, 1.54) is 0 Å². The van der Waals surface area contributed by atoms with E-state index in [1.807, 2.05) is 60.0 Å². The molecule has 27 heavy (non-hydrogen) atoms. The molecule has 5 rings (SSSR count). The van der Waals surface area contributed by atoms with Crippen LogP contribution >= 0.6 is 11.3 Å². The normalized spacial score (nSPS) is 30.7. The molecule has 0 unspecified atom stereocenters. The van der Waals surface area contributed by atoms with Crippen LogP contribution in [0.1, 0.15) is 10.4 Å². The van der Waals surface area contributed by atoms with Crippen LogP contribution in [-0.2, 0) is 32.2 Å². The van der Waals surface area contributed by atoms with Crippen LogP contribution in [0.5, 0.6) is 0 Å². The molecule has 1 amide bonds. The van der Waals surface area contributed by atoms with Gasteiger partial charge in [-0.1, -0.05) is 48.6 Å². The van der Waals surface area contributed by atoms with Crippen LogP contribution in [0.2, 0.25) is 0 Å². The molecule has 138 valence electrons. The summed E-state index contributed by atoms with van der Waals surface area (Å²) in [5.74, 6) is -1.43. The SMILES string of the molecule is O=C(OCc1ccccc1)[C@H]1[C@@H]2C=C[C@]3(CN(Cc4cccs4)C(=O)[C@H]13)O2. The van der Waals surface area contributed by atoms with Gasteiger partial charge >= 0.3 is 5.97 Å². The number of thiophene rings is 1. The Morgan fingerprint density at radius 3 is 2.89 bits per heavy atom. The van der Waals surface area contributed by atoms with Gasteiger partial charge in [-0.3, -0.25) is 9.59 Å². The van der Waals surface area contributed by atoms with Crippen molar-refractivity contribution >= 4 is 23.2 Å². The van der Waals surface area contributed by atoms with Crippen LogP contribution in [0.3, 0.4) is 0 Å². The van der Waals surface area contributed by atoms with Gasteiger partial charge in [-0.05, 0) is 17.0 Å². The average Bonchev–Trinajstić information content (AvgIpc) is 3.44. The lowest BCUT2D eigenvalue weighted by Gasteiger charge is -2.22. The number of likely N-dealkylation sites (tertiary alicyclic amines) is 1. The van der Waals surface area contributed by atoms with Gasteiger partial charge < -0.3 is 14.4 Å². The summed E-state index contributed by atoms with van der Waals surface area (Å²) in [5.41, 5.74) is 0.243. The van der Waals surface area contributed by atoms with E-state index >= 15 is 0 Å². The van der Waals surface area contributed by atoms with E-state index in [-0.39, 0.29) is 24.6 Å². The minimum atomic E-state index is -0.685. The highest BCUT2D eigenvalue weighted by Crippen LogP contribution is 2.52. The number of hydrogen-bond donors (Lipinski definition) is 0. The fourth-order valence-electron chi connectivity index (χ4n) is 4.40. The van der Waals surface area contributed by atoms with E-state index in [2.05, 4.69) is 0 Å². The molecule has 0 aliphatic carbocycles. The molecule has 2 bridgehead atoms. The first-order chi connectivity index (χ1) is 13.2. The molecule has 1 spiro atoms. The van der Waals surface area contributed by atoms with Gasteiger partial charge in [0.2, 0.25) is 5.91 Å². The van der Waals surface area contributed by atoms with Crippen molar-refractivity contribution in [3.63, 3.8) is 0 Å². The van der Waals surface area contributed by atoms with Crippen molar-refractivity contribution in [3.05, 3.63) is 70.4 Å². The molecule has 2 saturated heterocycles. The Kier molecular flexibility index (Phi) is 3.91. The van der Waals surface area contributed by atoms with E-state index in [0.29, 0.717) is 13.1 Å². The van der Waals surface area contributed by atoms with Crippen LogP contribution in [0.15, 0.2) is 60.0 Å². The minimum absolute atomic E-state index is 0.0167. The summed E-state index contributed by atoms with van der Waals surface area (Å²) in [5, 5.41) is 2.00. The molecular formula is C21H19NO4S. The van der Waals surface area contributed by atoms with Gasteiger partial charge in [-0.25, -0.2) is 0 Å². The Balaban J connectivity index is 1.33. The van der Waals surface area contributed by atoms with Gasteiger partial charge in [0.15, 0.2) is 0 Å². The van der Waals surface area contributed by atoms with E-state index in [4.69, 9.17) is 9.47 Å². The Bertz CT molecular complexity index is 894. The second kappa shape index (κ2) is 6.32. The number of esters is 1. The zero-order valence-electron chi connectivity index (χ0n) is 14.6. The zero-order valence-corrected chi connectivity index (χ0v) is 15.4.